The van der Waals surface area contributed by atoms with Crippen molar-refractivity contribution in [2.45, 2.75) is 62.8 Å². The first-order valence-corrected chi connectivity index (χ1v) is 12.3. The van der Waals surface area contributed by atoms with Gasteiger partial charge in [0.15, 0.2) is 11.5 Å². The summed E-state index contributed by atoms with van der Waals surface area (Å²) in [5.74, 6) is 2.29. The minimum absolute atomic E-state index is 0.0389. The number of rotatable bonds is 5. The third-order valence-corrected chi connectivity index (χ3v) is 9.71. The van der Waals surface area contributed by atoms with Crippen LogP contribution in [-0.2, 0) is 28.0 Å². The summed E-state index contributed by atoms with van der Waals surface area (Å²) in [4.78, 5) is 12.9. The minimum atomic E-state index is -0.722. The summed E-state index contributed by atoms with van der Waals surface area (Å²) >= 11 is 0. The monoisotopic (exact) mass is 442 g/mol. The van der Waals surface area contributed by atoms with Gasteiger partial charge in [-0.05, 0) is 55.7 Å². The second-order valence-corrected chi connectivity index (χ2v) is 10.8. The molecule has 4 bridgehead atoms. The molecule has 1 unspecified atom stereocenters. The third kappa shape index (κ3) is 2.19. The van der Waals surface area contributed by atoms with Crippen molar-refractivity contribution in [2.24, 2.45) is 17.3 Å². The maximum atomic E-state index is 12.9. The molecule has 0 amide bonds. The Labute approximate surface area is 194 Å². The lowest BCUT2D eigenvalue weighted by Gasteiger charge is -2.69. The average molecular weight is 443 g/mol. The smallest absolute Gasteiger partial charge is 0.166 e. The van der Waals surface area contributed by atoms with Crippen LogP contribution in [-0.4, -0.2) is 24.6 Å². The van der Waals surface area contributed by atoms with Crippen LogP contribution in [0.4, 0.5) is 0 Å². The van der Waals surface area contributed by atoms with Crippen molar-refractivity contribution in [2.75, 3.05) is 7.11 Å². The van der Waals surface area contributed by atoms with Crippen LogP contribution in [0.15, 0.2) is 54.6 Å². The van der Waals surface area contributed by atoms with E-state index in [1.165, 1.54) is 24.0 Å². The lowest BCUT2D eigenvalue weighted by atomic mass is 9.34. The molecule has 2 saturated carbocycles. The van der Waals surface area contributed by atoms with Gasteiger partial charge < -0.3 is 14.2 Å². The highest BCUT2D eigenvalue weighted by Gasteiger charge is 2.78. The topological polar surface area (TPSA) is 44.8 Å². The zero-order valence-electron chi connectivity index (χ0n) is 19.3. The van der Waals surface area contributed by atoms with Gasteiger partial charge in [0.25, 0.3) is 0 Å². The van der Waals surface area contributed by atoms with Crippen LogP contribution in [0.3, 0.4) is 0 Å². The second-order valence-electron chi connectivity index (χ2n) is 10.8. The third-order valence-electron chi connectivity index (χ3n) is 9.71. The Kier molecular flexibility index (Phi) is 3.91. The van der Waals surface area contributed by atoms with Crippen LogP contribution in [0.25, 0.3) is 0 Å². The number of allylic oxidation sites excluding steroid dienone is 1. The molecule has 33 heavy (non-hydrogen) atoms. The van der Waals surface area contributed by atoms with Gasteiger partial charge in [-0.1, -0.05) is 55.0 Å². The van der Waals surface area contributed by atoms with Gasteiger partial charge in [0.1, 0.15) is 24.1 Å². The maximum Gasteiger partial charge on any atom is 0.166 e. The van der Waals surface area contributed by atoms with Gasteiger partial charge in [-0.15, -0.1) is 0 Å². The number of carbonyl (C=O) groups excluding carboxylic acids is 1. The molecule has 5 aliphatic carbocycles. The first kappa shape index (κ1) is 19.8. The lowest BCUT2D eigenvalue weighted by molar-refractivity contribution is -0.207. The summed E-state index contributed by atoms with van der Waals surface area (Å²) in [5.41, 5.74) is 2.99. The quantitative estimate of drug-likeness (QED) is 0.599. The molecule has 6 aliphatic rings. The normalized spacial score (nSPS) is 38.5. The first-order chi connectivity index (χ1) is 16.1. The number of ether oxygens (including phenoxy) is 3. The van der Waals surface area contributed by atoms with Crippen LogP contribution in [0, 0.1) is 17.3 Å². The molecule has 0 radical (unpaired) electrons. The van der Waals surface area contributed by atoms with E-state index in [0.29, 0.717) is 12.5 Å². The number of fused-ring (bicyclic) bond motifs is 1. The van der Waals surface area contributed by atoms with E-state index in [1.54, 1.807) is 14.0 Å². The molecule has 170 valence electrons. The van der Waals surface area contributed by atoms with Crippen molar-refractivity contribution < 1.29 is 19.0 Å². The number of benzene rings is 2. The van der Waals surface area contributed by atoms with Crippen molar-refractivity contribution in [1.29, 1.82) is 0 Å². The molecule has 0 aromatic heterocycles. The predicted octanol–water partition coefficient (Wildman–Crippen LogP) is 5.17. The van der Waals surface area contributed by atoms with E-state index in [1.807, 2.05) is 18.2 Å². The van der Waals surface area contributed by atoms with E-state index in [2.05, 4.69) is 36.4 Å². The zero-order chi connectivity index (χ0) is 22.4. The molecule has 0 N–H and O–H groups in total. The van der Waals surface area contributed by atoms with Crippen molar-refractivity contribution in [3.05, 3.63) is 71.3 Å². The molecule has 0 saturated heterocycles. The van der Waals surface area contributed by atoms with Crippen molar-refractivity contribution in [1.82, 2.24) is 0 Å². The summed E-state index contributed by atoms with van der Waals surface area (Å²) in [5, 5.41) is 0. The van der Waals surface area contributed by atoms with E-state index in [4.69, 9.17) is 14.2 Å². The number of Topliss-reactive ketones (excluding diaryl/α,β-unsaturated/α-hetero) is 1. The Balaban J connectivity index is 1.41. The Bertz CT molecular complexity index is 1190. The van der Waals surface area contributed by atoms with E-state index in [-0.39, 0.29) is 28.6 Å². The molecule has 2 fully saturated rings. The highest BCUT2D eigenvalue weighted by molar-refractivity contribution is 5.82. The number of hydrogen-bond acceptors (Lipinski definition) is 4. The SMILES string of the molecule is CO[C@]12C=C[C@@]3(CC1C(C)=O)[C@@H]1CCC[C@@]34c3c(ccc(OCc5ccccc5)c3O[C@H]42)C1. The number of hydrogen-bond donors (Lipinski definition) is 0. The van der Waals surface area contributed by atoms with Crippen LogP contribution >= 0.6 is 0 Å². The van der Waals surface area contributed by atoms with Crippen LogP contribution in [0.2, 0.25) is 0 Å². The van der Waals surface area contributed by atoms with Gasteiger partial charge in [0.05, 0.1) is 5.92 Å². The summed E-state index contributed by atoms with van der Waals surface area (Å²) < 4.78 is 19.6. The molecule has 2 aromatic rings. The fourth-order valence-electron chi connectivity index (χ4n) is 8.46. The molecule has 2 spiro atoms. The molecule has 1 heterocycles. The Hall–Kier alpha value is -2.59. The van der Waals surface area contributed by atoms with E-state index in [9.17, 15) is 4.79 Å². The standard InChI is InChI=1S/C29H30O4/c1-18(30)22-16-27-13-14-29(22,31-2)26-28(27)12-6-9-21(27)15-20-10-11-23(25(33-26)24(20)28)32-17-19-7-4-3-5-8-19/h3-5,7-8,10-11,13-14,21-22,26H,6,9,12,15-17H2,1-2H3/t21-,22?,26-,27-,28+,29-/m1/s1. The molecular formula is C29H30O4. The van der Waals surface area contributed by atoms with Crippen molar-refractivity contribution in [3.63, 3.8) is 0 Å². The van der Waals surface area contributed by atoms with Gasteiger partial charge in [-0.2, -0.15) is 0 Å². The molecule has 8 rings (SSSR count). The number of methoxy groups -OCH3 is 1. The van der Waals surface area contributed by atoms with Gasteiger partial charge in [-0.25, -0.2) is 0 Å². The van der Waals surface area contributed by atoms with E-state index >= 15 is 0 Å². The fourth-order valence-corrected chi connectivity index (χ4v) is 8.46. The van der Waals surface area contributed by atoms with E-state index in [0.717, 1.165) is 36.3 Å². The molecule has 4 nitrogen and oxygen atoms in total. The molecule has 1 aliphatic heterocycles. The zero-order valence-corrected chi connectivity index (χ0v) is 19.3. The molecule has 4 heteroatoms. The van der Waals surface area contributed by atoms with Crippen molar-refractivity contribution in [3.8, 4) is 11.5 Å². The fraction of sp³-hybridized carbons (Fsp3) is 0.483. The Morgan fingerprint density at radius 1 is 1.15 bits per heavy atom. The van der Waals surface area contributed by atoms with Gasteiger partial charge in [0, 0.05) is 23.5 Å². The predicted molar refractivity (Wildman–Crippen MR) is 124 cm³/mol. The van der Waals surface area contributed by atoms with Crippen LogP contribution in [0.1, 0.15) is 49.3 Å². The van der Waals surface area contributed by atoms with Crippen LogP contribution < -0.4 is 9.47 Å². The minimum Gasteiger partial charge on any atom is -0.485 e. The lowest BCUT2D eigenvalue weighted by Crippen LogP contribution is -2.75. The summed E-state index contributed by atoms with van der Waals surface area (Å²) in [6, 6.07) is 14.6. The number of ketones is 1. The highest BCUT2D eigenvalue weighted by atomic mass is 16.6. The maximum absolute atomic E-state index is 12.9. The summed E-state index contributed by atoms with van der Waals surface area (Å²) in [6.07, 6.45) is 9.85. The molecule has 2 aromatic carbocycles. The largest absolute Gasteiger partial charge is 0.485 e. The van der Waals surface area contributed by atoms with Crippen LogP contribution in [0.5, 0.6) is 11.5 Å². The Morgan fingerprint density at radius 2 is 2.00 bits per heavy atom. The van der Waals surface area contributed by atoms with Gasteiger partial charge in [-0.3, -0.25) is 4.79 Å². The van der Waals surface area contributed by atoms with E-state index < -0.39 is 5.60 Å². The molecule has 6 atom stereocenters. The summed E-state index contributed by atoms with van der Waals surface area (Å²) in [7, 11) is 1.75. The second kappa shape index (κ2) is 6.50. The molecular weight excluding hydrogens is 412 g/mol. The highest BCUT2D eigenvalue weighted by Crippen LogP contribution is 2.76. The van der Waals surface area contributed by atoms with Crippen molar-refractivity contribution >= 4 is 5.78 Å². The first-order valence-electron chi connectivity index (χ1n) is 12.3. The summed E-state index contributed by atoms with van der Waals surface area (Å²) in [6.45, 7) is 2.23. The average Bonchev–Trinajstić information content (AvgIpc) is 3.20. The van der Waals surface area contributed by atoms with Gasteiger partial charge in [0.2, 0.25) is 0 Å². The number of carbonyl (C=O) groups is 1. The van der Waals surface area contributed by atoms with Gasteiger partial charge >= 0.3 is 0 Å². The Morgan fingerprint density at radius 3 is 2.79 bits per heavy atom.